The summed E-state index contributed by atoms with van der Waals surface area (Å²) in [4.78, 5) is 1.70. The topological polar surface area (TPSA) is 123 Å². The maximum atomic E-state index is 9.77. The second-order valence-electron chi connectivity index (χ2n) is 5.37. The molecule has 0 aliphatic heterocycles. The van der Waals surface area contributed by atoms with E-state index in [1.165, 1.54) is 6.26 Å². The third-order valence-electron chi connectivity index (χ3n) is 3.48. The van der Waals surface area contributed by atoms with E-state index in [4.69, 9.17) is 20.4 Å². The molecule has 0 spiro atoms. The molecule has 7 heteroatoms. The van der Waals surface area contributed by atoms with Gasteiger partial charge in [-0.1, -0.05) is 0 Å². The monoisotopic (exact) mass is 322 g/mol. The van der Waals surface area contributed by atoms with Crippen molar-refractivity contribution in [1.82, 2.24) is 0 Å². The van der Waals surface area contributed by atoms with Crippen molar-refractivity contribution in [3.63, 3.8) is 0 Å². The molecule has 126 valence electrons. The number of hydrogen-bond donors (Lipinski definition) is 5. The lowest BCUT2D eigenvalue weighted by Gasteiger charge is -2.30. The quantitative estimate of drug-likeness (QED) is 0.435. The first-order valence-electron chi connectivity index (χ1n) is 7.30. The number of benzene rings is 1. The molecule has 0 fully saturated rings. The standard InChI is InChI=1S/C16H22N2O5/c17-12-1-2-16(15(5-12)11-3-4-23-10-11)18(6-13(21)8-19)7-14(22)9-20/h1-5,10,13-14,19-22H,6-9,17H2. The second kappa shape index (κ2) is 7.98. The molecule has 2 unspecified atom stereocenters. The summed E-state index contributed by atoms with van der Waals surface area (Å²) in [5, 5.41) is 37.7. The van der Waals surface area contributed by atoms with Gasteiger partial charge in [-0.15, -0.1) is 0 Å². The molecule has 1 aromatic carbocycles. The number of nitrogen functional groups attached to an aromatic ring is 1. The summed E-state index contributed by atoms with van der Waals surface area (Å²) in [5.74, 6) is 0. The van der Waals surface area contributed by atoms with Gasteiger partial charge in [-0.3, -0.25) is 0 Å². The zero-order valence-electron chi connectivity index (χ0n) is 12.7. The van der Waals surface area contributed by atoms with Crippen LogP contribution in [0.4, 0.5) is 11.4 Å². The Hall–Kier alpha value is -2.06. The third-order valence-corrected chi connectivity index (χ3v) is 3.48. The third kappa shape index (κ3) is 4.46. The maximum Gasteiger partial charge on any atom is 0.0981 e. The zero-order chi connectivity index (χ0) is 16.8. The van der Waals surface area contributed by atoms with E-state index in [0.717, 1.165) is 11.1 Å². The summed E-state index contributed by atoms with van der Waals surface area (Å²) < 4.78 is 5.11. The fraction of sp³-hybridized carbons (Fsp3) is 0.375. The Morgan fingerprint density at radius 3 is 2.22 bits per heavy atom. The zero-order valence-corrected chi connectivity index (χ0v) is 12.7. The first-order chi connectivity index (χ1) is 11.0. The highest BCUT2D eigenvalue weighted by atomic mass is 16.3. The van der Waals surface area contributed by atoms with Crippen molar-refractivity contribution in [3.8, 4) is 11.1 Å². The minimum Gasteiger partial charge on any atom is -0.472 e. The highest BCUT2D eigenvalue weighted by molar-refractivity contribution is 5.81. The van der Waals surface area contributed by atoms with Gasteiger partial charge in [-0.05, 0) is 24.3 Å². The smallest absolute Gasteiger partial charge is 0.0981 e. The Kier molecular flexibility index (Phi) is 6.00. The predicted octanol–water partition coefficient (Wildman–Crippen LogP) is 0.0416. The molecule has 7 nitrogen and oxygen atoms in total. The average molecular weight is 322 g/mol. The van der Waals surface area contributed by atoms with Gasteiger partial charge in [-0.2, -0.15) is 0 Å². The molecular weight excluding hydrogens is 300 g/mol. The molecule has 23 heavy (non-hydrogen) atoms. The van der Waals surface area contributed by atoms with E-state index in [9.17, 15) is 10.2 Å². The second-order valence-corrected chi connectivity index (χ2v) is 5.37. The number of aliphatic hydroxyl groups excluding tert-OH is 4. The predicted molar refractivity (Wildman–Crippen MR) is 87.0 cm³/mol. The lowest BCUT2D eigenvalue weighted by Crippen LogP contribution is -2.40. The van der Waals surface area contributed by atoms with E-state index in [0.29, 0.717) is 11.4 Å². The molecule has 6 N–H and O–H groups in total. The van der Waals surface area contributed by atoms with Crippen molar-refractivity contribution in [1.29, 1.82) is 0 Å². The number of aliphatic hydroxyl groups is 4. The van der Waals surface area contributed by atoms with E-state index < -0.39 is 25.4 Å². The van der Waals surface area contributed by atoms with Crippen molar-refractivity contribution in [2.75, 3.05) is 36.9 Å². The van der Waals surface area contributed by atoms with Crippen molar-refractivity contribution >= 4 is 11.4 Å². The molecule has 0 saturated carbocycles. The highest BCUT2D eigenvalue weighted by Crippen LogP contribution is 2.33. The van der Waals surface area contributed by atoms with Crippen LogP contribution >= 0.6 is 0 Å². The van der Waals surface area contributed by atoms with E-state index in [-0.39, 0.29) is 13.1 Å². The van der Waals surface area contributed by atoms with E-state index in [1.54, 1.807) is 35.4 Å². The van der Waals surface area contributed by atoms with Gasteiger partial charge in [0.05, 0.1) is 37.9 Å². The molecule has 0 aliphatic rings. The van der Waals surface area contributed by atoms with Gasteiger partial charge in [0.15, 0.2) is 0 Å². The van der Waals surface area contributed by atoms with Crippen molar-refractivity contribution in [2.45, 2.75) is 12.2 Å². The van der Waals surface area contributed by atoms with E-state index >= 15 is 0 Å². The van der Waals surface area contributed by atoms with Crippen LogP contribution in [-0.4, -0.2) is 58.9 Å². The van der Waals surface area contributed by atoms with E-state index in [2.05, 4.69) is 0 Å². The Balaban J connectivity index is 2.40. The van der Waals surface area contributed by atoms with Gasteiger partial charge < -0.3 is 35.5 Å². The minimum atomic E-state index is -0.976. The lowest BCUT2D eigenvalue weighted by atomic mass is 10.0. The van der Waals surface area contributed by atoms with Gasteiger partial charge >= 0.3 is 0 Å². The van der Waals surface area contributed by atoms with Crippen LogP contribution in [0.25, 0.3) is 11.1 Å². The first kappa shape index (κ1) is 17.3. The molecule has 1 aromatic heterocycles. The highest BCUT2D eigenvalue weighted by Gasteiger charge is 2.19. The van der Waals surface area contributed by atoms with Crippen LogP contribution in [0.2, 0.25) is 0 Å². The van der Waals surface area contributed by atoms with Crippen LogP contribution in [0.3, 0.4) is 0 Å². The van der Waals surface area contributed by atoms with Crippen LogP contribution in [0.5, 0.6) is 0 Å². The summed E-state index contributed by atoms with van der Waals surface area (Å²) in [6.45, 7) is -0.603. The number of furan rings is 1. The summed E-state index contributed by atoms with van der Waals surface area (Å²) in [7, 11) is 0. The molecule has 2 aromatic rings. The molecule has 1 heterocycles. The van der Waals surface area contributed by atoms with Gasteiger partial charge in [0.25, 0.3) is 0 Å². The molecule has 0 aliphatic carbocycles. The number of rotatable bonds is 8. The number of nitrogens with two attached hydrogens (primary N) is 1. The van der Waals surface area contributed by atoms with Crippen LogP contribution < -0.4 is 10.6 Å². The van der Waals surface area contributed by atoms with Crippen LogP contribution in [0.15, 0.2) is 41.2 Å². The largest absolute Gasteiger partial charge is 0.472 e. The van der Waals surface area contributed by atoms with Gasteiger partial charge in [0.2, 0.25) is 0 Å². The summed E-state index contributed by atoms with van der Waals surface area (Å²) in [5.41, 5.74) is 8.71. The summed E-state index contributed by atoms with van der Waals surface area (Å²) in [6, 6.07) is 7.03. The van der Waals surface area contributed by atoms with Crippen LogP contribution in [-0.2, 0) is 0 Å². The number of hydrogen-bond acceptors (Lipinski definition) is 7. The molecule has 0 bridgehead atoms. The minimum absolute atomic E-state index is 0.0995. The molecule has 0 saturated heterocycles. The Labute approximate surface area is 134 Å². The van der Waals surface area contributed by atoms with Crippen molar-refractivity contribution < 1.29 is 24.8 Å². The number of anilines is 2. The average Bonchev–Trinajstić information content (AvgIpc) is 3.08. The van der Waals surface area contributed by atoms with Gasteiger partial charge in [0, 0.05) is 35.6 Å². The summed E-state index contributed by atoms with van der Waals surface area (Å²) >= 11 is 0. The normalized spacial score (nSPS) is 13.7. The molecule has 2 atom stereocenters. The van der Waals surface area contributed by atoms with Gasteiger partial charge in [-0.25, -0.2) is 0 Å². The SMILES string of the molecule is Nc1ccc(N(CC(O)CO)CC(O)CO)c(-c2ccoc2)c1. The molecule has 2 rings (SSSR count). The Morgan fingerprint density at radius 1 is 1.04 bits per heavy atom. The fourth-order valence-corrected chi connectivity index (χ4v) is 2.37. The lowest BCUT2D eigenvalue weighted by molar-refractivity contribution is 0.0839. The Morgan fingerprint density at radius 2 is 1.70 bits per heavy atom. The Bertz CT molecular complexity index is 591. The maximum absolute atomic E-state index is 9.77. The number of nitrogens with zero attached hydrogens (tertiary/aromatic N) is 1. The first-order valence-corrected chi connectivity index (χ1v) is 7.30. The van der Waals surface area contributed by atoms with Crippen molar-refractivity contribution in [3.05, 3.63) is 36.8 Å². The van der Waals surface area contributed by atoms with E-state index in [1.807, 2.05) is 0 Å². The fourth-order valence-electron chi connectivity index (χ4n) is 2.37. The molecular formula is C16H22N2O5. The molecule has 0 amide bonds. The summed E-state index contributed by atoms with van der Waals surface area (Å²) in [6.07, 6.45) is 1.16. The van der Waals surface area contributed by atoms with Crippen molar-refractivity contribution in [2.24, 2.45) is 0 Å². The van der Waals surface area contributed by atoms with Crippen LogP contribution in [0.1, 0.15) is 0 Å². The van der Waals surface area contributed by atoms with Gasteiger partial charge in [0.1, 0.15) is 0 Å². The molecule has 0 radical (unpaired) electrons. The van der Waals surface area contributed by atoms with Crippen LogP contribution in [0, 0.1) is 0 Å².